The van der Waals surface area contributed by atoms with Crippen molar-refractivity contribution in [2.45, 2.75) is 38.7 Å². The first-order valence-electron chi connectivity index (χ1n) is 8.76. The van der Waals surface area contributed by atoms with Crippen LogP contribution < -0.4 is 14.8 Å². The zero-order valence-electron chi connectivity index (χ0n) is 14.5. The van der Waals surface area contributed by atoms with E-state index in [0.717, 1.165) is 49.4 Å². The maximum atomic E-state index is 5.93. The lowest BCUT2D eigenvalue weighted by molar-refractivity contribution is 0.283. The van der Waals surface area contributed by atoms with Crippen molar-refractivity contribution in [2.75, 3.05) is 20.2 Å². The van der Waals surface area contributed by atoms with Gasteiger partial charge >= 0.3 is 0 Å². The first-order chi connectivity index (χ1) is 11.8. The fourth-order valence-corrected chi connectivity index (χ4v) is 3.14. The number of pyridine rings is 1. The van der Waals surface area contributed by atoms with Crippen LogP contribution in [0.4, 0.5) is 0 Å². The van der Waals surface area contributed by atoms with Crippen LogP contribution >= 0.6 is 0 Å². The molecule has 0 amide bonds. The van der Waals surface area contributed by atoms with Crippen molar-refractivity contribution in [2.24, 2.45) is 0 Å². The Morgan fingerprint density at radius 2 is 2.00 bits per heavy atom. The van der Waals surface area contributed by atoms with Crippen LogP contribution in [0, 0.1) is 0 Å². The highest BCUT2D eigenvalue weighted by atomic mass is 16.5. The molecule has 1 aromatic heterocycles. The van der Waals surface area contributed by atoms with Gasteiger partial charge in [-0.15, -0.1) is 0 Å². The molecule has 128 valence electrons. The van der Waals surface area contributed by atoms with Gasteiger partial charge in [0.15, 0.2) is 0 Å². The number of nitrogens with zero attached hydrogens (tertiary/aromatic N) is 1. The standard InChI is InChI=1S/C20H26N2O2/c1-3-15-7-8-17(19(13-15)23-2)14-24-20-6-4-5-18(22-20)16-9-11-21-12-10-16/h4-8,13,16,21H,3,9-12,14H2,1-2H3. The van der Waals surface area contributed by atoms with Crippen LogP contribution in [-0.4, -0.2) is 25.2 Å². The van der Waals surface area contributed by atoms with Crippen molar-refractivity contribution in [1.29, 1.82) is 0 Å². The smallest absolute Gasteiger partial charge is 0.213 e. The topological polar surface area (TPSA) is 43.4 Å². The molecule has 24 heavy (non-hydrogen) atoms. The minimum absolute atomic E-state index is 0.468. The number of hydrogen-bond acceptors (Lipinski definition) is 4. The SMILES string of the molecule is CCc1ccc(COc2cccc(C3CCNCC3)n2)c(OC)c1. The third kappa shape index (κ3) is 4.06. The summed E-state index contributed by atoms with van der Waals surface area (Å²) in [5.74, 6) is 2.10. The monoisotopic (exact) mass is 326 g/mol. The van der Waals surface area contributed by atoms with E-state index in [0.29, 0.717) is 18.4 Å². The molecule has 1 aliphatic rings. The van der Waals surface area contributed by atoms with E-state index in [9.17, 15) is 0 Å². The molecule has 0 bridgehead atoms. The van der Waals surface area contributed by atoms with Crippen LogP contribution in [0.2, 0.25) is 0 Å². The lowest BCUT2D eigenvalue weighted by Gasteiger charge is -2.22. The van der Waals surface area contributed by atoms with Crippen LogP contribution in [0.15, 0.2) is 36.4 Å². The fraction of sp³-hybridized carbons (Fsp3) is 0.450. The van der Waals surface area contributed by atoms with E-state index in [-0.39, 0.29) is 0 Å². The number of piperidine rings is 1. The Hall–Kier alpha value is -2.07. The van der Waals surface area contributed by atoms with Gasteiger partial charge in [0.2, 0.25) is 5.88 Å². The van der Waals surface area contributed by atoms with Gasteiger partial charge in [0.25, 0.3) is 0 Å². The third-order valence-electron chi connectivity index (χ3n) is 4.64. The molecular weight excluding hydrogens is 300 g/mol. The number of benzene rings is 1. The molecule has 0 saturated carbocycles. The van der Waals surface area contributed by atoms with Crippen LogP contribution in [0.5, 0.6) is 11.6 Å². The molecule has 0 atom stereocenters. The van der Waals surface area contributed by atoms with E-state index >= 15 is 0 Å². The maximum Gasteiger partial charge on any atom is 0.213 e. The number of aryl methyl sites for hydroxylation is 1. The molecule has 1 aromatic carbocycles. The zero-order chi connectivity index (χ0) is 16.8. The lowest BCUT2D eigenvalue weighted by Crippen LogP contribution is -2.27. The van der Waals surface area contributed by atoms with E-state index in [2.05, 4.69) is 36.5 Å². The highest BCUT2D eigenvalue weighted by Crippen LogP contribution is 2.26. The summed E-state index contributed by atoms with van der Waals surface area (Å²) in [5, 5.41) is 3.39. The van der Waals surface area contributed by atoms with Gasteiger partial charge < -0.3 is 14.8 Å². The number of methoxy groups -OCH3 is 1. The van der Waals surface area contributed by atoms with Crippen molar-refractivity contribution in [3.63, 3.8) is 0 Å². The molecule has 4 heteroatoms. The predicted octanol–water partition coefficient (Wildman–Crippen LogP) is 3.70. The highest BCUT2D eigenvalue weighted by Gasteiger charge is 2.17. The van der Waals surface area contributed by atoms with Crippen molar-refractivity contribution in [3.8, 4) is 11.6 Å². The second kappa shape index (κ2) is 8.15. The Balaban J connectivity index is 1.68. The quantitative estimate of drug-likeness (QED) is 0.879. The summed E-state index contributed by atoms with van der Waals surface area (Å²) in [6, 6.07) is 12.4. The van der Waals surface area contributed by atoms with E-state index in [1.807, 2.05) is 12.1 Å². The van der Waals surface area contributed by atoms with Gasteiger partial charge in [0.05, 0.1) is 7.11 Å². The summed E-state index contributed by atoms with van der Waals surface area (Å²) in [6.07, 6.45) is 3.28. The first-order valence-corrected chi connectivity index (χ1v) is 8.76. The molecule has 2 heterocycles. The van der Waals surface area contributed by atoms with Crippen molar-refractivity contribution < 1.29 is 9.47 Å². The Morgan fingerprint density at radius 1 is 1.17 bits per heavy atom. The average Bonchev–Trinajstić information content (AvgIpc) is 2.67. The molecule has 0 spiro atoms. The number of hydrogen-bond donors (Lipinski definition) is 1. The summed E-state index contributed by atoms with van der Waals surface area (Å²) in [5.41, 5.74) is 3.45. The fourth-order valence-electron chi connectivity index (χ4n) is 3.14. The maximum absolute atomic E-state index is 5.93. The zero-order valence-corrected chi connectivity index (χ0v) is 14.5. The number of rotatable bonds is 6. The second-order valence-electron chi connectivity index (χ2n) is 6.21. The Bertz CT molecular complexity index is 666. The Kier molecular flexibility index (Phi) is 5.70. The third-order valence-corrected chi connectivity index (χ3v) is 4.64. The van der Waals surface area contributed by atoms with Crippen LogP contribution in [-0.2, 0) is 13.0 Å². The number of aromatic nitrogens is 1. The summed E-state index contributed by atoms with van der Waals surface area (Å²) < 4.78 is 11.4. The minimum atomic E-state index is 0.468. The van der Waals surface area contributed by atoms with Crippen molar-refractivity contribution in [3.05, 3.63) is 53.2 Å². The molecule has 1 aliphatic heterocycles. The Labute approximate surface area is 144 Å². The molecule has 1 N–H and O–H groups in total. The number of ether oxygens (including phenoxy) is 2. The average molecular weight is 326 g/mol. The van der Waals surface area contributed by atoms with Crippen molar-refractivity contribution >= 4 is 0 Å². The molecule has 3 rings (SSSR count). The van der Waals surface area contributed by atoms with Gasteiger partial charge in [0.1, 0.15) is 12.4 Å². The molecule has 4 nitrogen and oxygen atoms in total. The van der Waals surface area contributed by atoms with Gasteiger partial charge in [-0.1, -0.05) is 25.1 Å². The molecule has 1 fully saturated rings. The van der Waals surface area contributed by atoms with Crippen LogP contribution in [0.25, 0.3) is 0 Å². The van der Waals surface area contributed by atoms with Gasteiger partial charge in [0, 0.05) is 23.2 Å². The summed E-state index contributed by atoms with van der Waals surface area (Å²) in [7, 11) is 1.70. The number of nitrogens with one attached hydrogen (secondary N) is 1. The normalized spacial score (nSPS) is 15.2. The van der Waals surface area contributed by atoms with Crippen LogP contribution in [0.3, 0.4) is 0 Å². The van der Waals surface area contributed by atoms with Gasteiger partial charge in [-0.05, 0) is 50.0 Å². The van der Waals surface area contributed by atoms with E-state index in [1.165, 1.54) is 5.56 Å². The van der Waals surface area contributed by atoms with Gasteiger partial charge in [-0.3, -0.25) is 0 Å². The summed E-state index contributed by atoms with van der Waals surface area (Å²) >= 11 is 0. The van der Waals surface area contributed by atoms with E-state index in [1.54, 1.807) is 7.11 Å². The van der Waals surface area contributed by atoms with Gasteiger partial charge in [-0.2, -0.15) is 0 Å². The summed E-state index contributed by atoms with van der Waals surface area (Å²) in [6.45, 7) is 4.74. The van der Waals surface area contributed by atoms with E-state index < -0.39 is 0 Å². The Morgan fingerprint density at radius 3 is 2.75 bits per heavy atom. The second-order valence-corrected chi connectivity index (χ2v) is 6.21. The molecule has 2 aromatic rings. The minimum Gasteiger partial charge on any atom is -0.496 e. The predicted molar refractivity (Wildman–Crippen MR) is 95.8 cm³/mol. The largest absolute Gasteiger partial charge is 0.496 e. The molecule has 0 aliphatic carbocycles. The highest BCUT2D eigenvalue weighted by molar-refractivity contribution is 5.37. The van der Waals surface area contributed by atoms with E-state index in [4.69, 9.17) is 14.5 Å². The first kappa shape index (κ1) is 16.8. The lowest BCUT2D eigenvalue weighted by atomic mass is 9.94. The molecule has 0 radical (unpaired) electrons. The molecular formula is C20H26N2O2. The molecule has 0 unspecified atom stereocenters. The molecule has 1 saturated heterocycles. The van der Waals surface area contributed by atoms with Crippen molar-refractivity contribution in [1.82, 2.24) is 10.3 Å². The van der Waals surface area contributed by atoms with Crippen LogP contribution in [0.1, 0.15) is 42.5 Å². The summed E-state index contributed by atoms with van der Waals surface area (Å²) in [4.78, 5) is 4.71. The van der Waals surface area contributed by atoms with Gasteiger partial charge in [-0.25, -0.2) is 4.98 Å².